The molecule has 1 atom stereocenters. The van der Waals surface area contributed by atoms with E-state index in [1.54, 1.807) is 0 Å². The van der Waals surface area contributed by atoms with Crippen LogP contribution in [0.3, 0.4) is 0 Å². The Morgan fingerprint density at radius 3 is 2.15 bits per heavy atom. The Morgan fingerprint density at radius 1 is 1.15 bits per heavy atom. The normalized spacial score (nSPS) is 13.0. The zero-order valence-corrected chi connectivity index (χ0v) is 8.70. The minimum absolute atomic E-state index is 0.405. The summed E-state index contributed by atoms with van der Waals surface area (Å²) in [6, 6.07) is 0.405. The van der Waals surface area contributed by atoms with Gasteiger partial charge < -0.3 is 5.32 Å². The summed E-state index contributed by atoms with van der Waals surface area (Å²) in [5.74, 6) is 1.30. The van der Waals surface area contributed by atoms with E-state index in [1.165, 1.54) is 0 Å². The van der Waals surface area contributed by atoms with Crippen LogP contribution in [-0.4, -0.2) is 16.0 Å². The SMILES string of the molecule is Cc1cnc(NC(C)C(C)C)nc1. The third-order valence-corrected chi connectivity index (χ3v) is 2.14. The van der Waals surface area contributed by atoms with Crippen LogP contribution in [0.15, 0.2) is 12.4 Å². The summed E-state index contributed by atoms with van der Waals surface area (Å²) in [5.41, 5.74) is 1.09. The number of aryl methyl sites for hydroxylation is 1. The quantitative estimate of drug-likeness (QED) is 0.773. The molecule has 1 heterocycles. The predicted molar refractivity (Wildman–Crippen MR) is 54.7 cm³/mol. The topological polar surface area (TPSA) is 37.8 Å². The van der Waals surface area contributed by atoms with Gasteiger partial charge in [-0.1, -0.05) is 13.8 Å². The van der Waals surface area contributed by atoms with Crippen molar-refractivity contribution in [2.24, 2.45) is 5.92 Å². The standard InChI is InChI=1S/C10H17N3/c1-7(2)9(4)13-10-11-5-8(3)6-12-10/h5-7,9H,1-4H3,(H,11,12,13). The average molecular weight is 179 g/mol. The van der Waals surface area contributed by atoms with Gasteiger partial charge in [0.1, 0.15) is 0 Å². The molecule has 1 aromatic heterocycles. The summed E-state index contributed by atoms with van der Waals surface area (Å²) in [5, 5.41) is 3.25. The molecule has 1 unspecified atom stereocenters. The zero-order chi connectivity index (χ0) is 9.84. The summed E-state index contributed by atoms with van der Waals surface area (Å²) in [6.45, 7) is 8.46. The molecule has 0 saturated carbocycles. The molecule has 1 N–H and O–H groups in total. The summed E-state index contributed by atoms with van der Waals surface area (Å²) >= 11 is 0. The lowest BCUT2D eigenvalue weighted by Gasteiger charge is -2.16. The van der Waals surface area contributed by atoms with Crippen molar-refractivity contribution in [1.82, 2.24) is 9.97 Å². The lowest BCUT2D eigenvalue weighted by molar-refractivity contribution is 0.556. The van der Waals surface area contributed by atoms with Gasteiger partial charge in [0.25, 0.3) is 0 Å². The Balaban J connectivity index is 2.59. The maximum absolute atomic E-state index is 4.18. The molecule has 3 nitrogen and oxygen atoms in total. The number of nitrogens with zero attached hydrogens (tertiary/aromatic N) is 2. The van der Waals surface area contributed by atoms with Crippen molar-refractivity contribution in [3.63, 3.8) is 0 Å². The van der Waals surface area contributed by atoms with Crippen molar-refractivity contribution in [2.75, 3.05) is 5.32 Å². The van der Waals surface area contributed by atoms with E-state index in [4.69, 9.17) is 0 Å². The lowest BCUT2D eigenvalue weighted by Crippen LogP contribution is -2.22. The van der Waals surface area contributed by atoms with Crippen LogP contribution in [0.1, 0.15) is 26.3 Å². The lowest BCUT2D eigenvalue weighted by atomic mass is 10.1. The van der Waals surface area contributed by atoms with Gasteiger partial charge in [-0.25, -0.2) is 9.97 Å². The molecule has 13 heavy (non-hydrogen) atoms. The van der Waals surface area contributed by atoms with Crippen LogP contribution in [0.4, 0.5) is 5.95 Å². The Labute approximate surface area is 79.6 Å². The van der Waals surface area contributed by atoms with Crippen molar-refractivity contribution in [2.45, 2.75) is 33.7 Å². The van der Waals surface area contributed by atoms with Crippen molar-refractivity contribution < 1.29 is 0 Å². The van der Waals surface area contributed by atoms with Crippen LogP contribution in [0.25, 0.3) is 0 Å². The minimum atomic E-state index is 0.405. The highest BCUT2D eigenvalue weighted by atomic mass is 15.1. The average Bonchev–Trinajstić information content (AvgIpc) is 2.08. The number of aromatic nitrogens is 2. The van der Waals surface area contributed by atoms with E-state index in [0.29, 0.717) is 17.9 Å². The van der Waals surface area contributed by atoms with Crippen LogP contribution in [0.5, 0.6) is 0 Å². The van der Waals surface area contributed by atoms with E-state index in [9.17, 15) is 0 Å². The third kappa shape index (κ3) is 3.01. The summed E-state index contributed by atoms with van der Waals surface area (Å²) in [7, 11) is 0. The molecular formula is C10H17N3. The van der Waals surface area contributed by atoms with Crippen molar-refractivity contribution in [1.29, 1.82) is 0 Å². The molecule has 0 saturated heterocycles. The van der Waals surface area contributed by atoms with Crippen LogP contribution in [0.2, 0.25) is 0 Å². The second kappa shape index (κ2) is 4.21. The highest BCUT2D eigenvalue weighted by Gasteiger charge is 2.07. The molecule has 0 aliphatic heterocycles. The van der Waals surface area contributed by atoms with Crippen molar-refractivity contribution >= 4 is 5.95 Å². The molecule has 0 radical (unpaired) electrons. The number of hydrogen-bond donors (Lipinski definition) is 1. The van der Waals surface area contributed by atoms with E-state index >= 15 is 0 Å². The summed E-state index contributed by atoms with van der Waals surface area (Å²) in [6.07, 6.45) is 3.64. The van der Waals surface area contributed by atoms with Gasteiger partial charge in [0, 0.05) is 18.4 Å². The number of nitrogens with one attached hydrogen (secondary N) is 1. The highest BCUT2D eigenvalue weighted by Crippen LogP contribution is 2.07. The molecule has 72 valence electrons. The molecule has 0 aromatic carbocycles. The number of hydrogen-bond acceptors (Lipinski definition) is 3. The van der Waals surface area contributed by atoms with E-state index in [1.807, 2.05) is 19.3 Å². The van der Waals surface area contributed by atoms with E-state index < -0.39 is 0 Å². The first-order chi connectivity index (χ1) is 6.09. The monoisotopic (exact) mass is 179 g/mol. The van der Waals surface area contributed by atoms with Crippen LogP contribution >= 0.6 is 0 Å². The molecule has 3 heteroatoms. The fourth-order valence-electron chi connectivity index (χ4n) is 0.837. The van der Waals surface area contributed by atoms with Gasteiger partial charge in [0.05, 0.1) is 0 Å². The van der Waals surface area contributed by atoms with Gasteiger partial charge in [-0.3, -0.25) is 0 Å². The number of anilines is 1. The van der Waals surface area contributed by atoms with Crippen LogP contribution in [0, 0.1) is 12.8 Å². The summed E-state index contributed by atoms with van der Waals surface area (Å²) < 4.78 is 0. The van der Waals surface area contributed by atoms with E-state index in [0.717, 1.165) is 5.56 Å². The van der Waals surface area contributed by atoms with Crippen LogP contribution < -0.4 is 5.32 Å². The second-order valence-corrected chi connectivity index (χ2v) is 3.76. The Morgan fingerprint density at radius 2 is 1.69 bits per heavy atom. The van der Waals surface area contributed by atoms with Crippen LogP contribution in [-0.2, 0) is 0 Å². The van der Waals surface area contributed by atoms with E-state index in [2.05, 4.69) is 36.1 Å². The van der Waals surface area contributed by atoms with Gasteiger partial charge in [0.2, 0.25) is 5.95 Å². The highest BCUT2D eigenvalue weighted by molar-refractivity contribution is 5.25. The molecule has 1 rings (SSSR count). The fraction of sp³-hybridized carbons (Fsp3) is 0.600. The van der Waals surface area contributed by atoms with Crippen molar-refractivity contribution in [3.05, 3.63) is 18.0 Å². The first-order valence-corrected chi connectivity index (χ1v) is 4.65. The van der Waals surface area contributed by atoms with Gasteiger partial charge in [-0.05, 0) is 25.3 Å². The molecule has 1 aromatic rings. The first kappa shape index (κ1) is 9.96. The molecule has 0 bridgehead atoms. The second-order valence-electron chi connectivity index (χ2n) is 3.76. The third-order valence-electron chi connectivity index (χ3n) is 2.14. The van der Waals surface area contributed by atoms with Gasteiger partial charge in [-0.2, -0.15) is 0 Å². The largest absolute Gasteiger partial charge is 0.352 e. The van der Waals surface area contributed by atoms with Crippen molar-refractivity contribution in [3.8, 4) is 0 Å². The molecule has 0 amide bonds. The molecule has 0 spiro atoms. The zero-order valence-electron chi connectivity index (χ0n) is 8.70. The van der Waals surface area contributed by atoms with Gasteiger partial charge in [0.15, 0.2) is 0 Å². The fourth-order valence-corrected chi connectivity index (χ4v) is 0.837. The molecular weight excluding hydrogens is 162 g/mol. The molecule has 0 aliphatic rings. The first-order valence-electron chi connectivity index (χ1n) is 4.65. The van der Waals surface area contributed by atoms with E-state index in [-0.39, 0.29) is 0 Å². The Kier molecular flexibility index (Phi) is 3.23. The maximum atomic E-state index is 4.18. The Hall–Kier alpha value is -1.12. The predicted octanol–water partition coefficient (Wildman–Crippen LogP) is 2.24. The molecule has 0 aliphatic carbocycles. The van der Waals surface area contributed by atoms with Gasteiger partial charge >= 0.3 is 0 Å². The minimum Gasteiger partial charge on any atom is -0.352 e. The smallest absolute Gasteiger partial charge is 0.222 e. The number of rotatable bonds is 3. The molecule has 0 fully saturated rings. The summed E-state index contributed by atoms with van der Waals surface area (Å²) in [4.78, 5) is 8.36. The Bertz CT molecular complexity index is 253. The van der Waals surface area contributed by atoms with Gasteiger partial charge in [-0.15, -0.1) is 0 Å². The maximum Gasteiger partial charge on any atom is 0.222 e.